The van der Waals surface area contributed by atoms with E-state index in [4.69, 9.17) is 14.2 Å². The predicted molar refractivity (Wildman–Crippen MR) is 92.5 cm³/mol. The normalized spacial score (nSPS) is 18.8. The van der Waals surface area contributed by atoms with Crippen molar-refractivity contribution < 1.29 is 14.2 Å². The first-order chi connectivity index (χ1) is 11.7. The van der Waals surface area contributed by atoms with Crippen molar-refractivity contribution in [1.29, 1.82) is 0 Å². The summed E-state index contributed by atoms with van der Waals surface area (Å²) in [6.45, 7) is 5.86. The molecule has 2 aromatic rings. The van der Waals surface area contributed by atoms with Crippen LogP contribution in [0.5, 0.6) is 11.6 Å². The predicted octanol–water partition coefficient (Wildman–Crippen LogP) is 2.68. The van der Waals surface area contributed by atoms with Gasteiger partial charge >= 0.3 is 0 Å². The van der Waals surface area contributed by atoms with Crippen LogP contribution in [0.25, 0.3) is 0 Å². The summed E-state index contributed by atoms with van der Waals surface area (Å²) in [5.41, 5.74) is 2.21. The standard InChI is InChI=1S/C19H24N2O3/c1-15-4-3-5-19(20-15)24-18-13-21(10-11-23-14-18)12-16-6-8-17(22-2)9-7-16/h3-9,18H,10-14H2,1-2H3. The summed E-state index contributed by atoms with van der Waals surface area (Å²) in [5, 5.41) is 0. The lowest BCUT2D eigenvalue weighted by atomic mass is 10.2. The first kappa shape index (κ1) is 16.7. The van der Waals surface area contributed by atoms with E-state index in [2.05, 4.69) is 22.0 Å². The van der Waals surface area contributed by atoms with Gasteiger partial charge in [-0.1, -0.05) is 18.2 Å². The molecule has 1 aliphatic rings. The van der Waals surface area contributed by atoms with Crippen molar-refractivity contribution in [2.24, 2.45) is 0 Å². The van der Waals surface area contributed by atoms with E-state index in [0.29, 0.717) is 12.5 Å². The molecule has 1 atom stereocenters. The first-order valence-electron chi connectivity index (χ1n) is 8.26. The smallest absolute Gasteiger partial charge is 0.213 e. The highest BCUT2D eigenvalue weighted by Crippen LogP contribution is 2.16. The second-order valence-electron chi connectivity index (χ2n) is 6.02. The van der Waals surface area contributed by atoms with Crippen LogP contribution in [-0.2, 0) is 11.3 Å². The van der Waals surface area contributed by atoms with Crippen LogP contribution in [0, 0.1) is 6.92 Å². The second kappa shape index (κ2) is 8.13. The third kappa shape index (κ3) is 4.69. The zero-order valence-electron chi connectivity index (χ0n) is 14.3. The van der Waals surface area contributed by atoms with Crippen molar-refractivity contribution in [3.8, 4) is 11.6 Å². The first-order valence-corrected chi connectivity index (χ1v) is 8.26. The molecule has 0 saturated carbocycles. The minimum atomic E-state index is -0.0138. The van der Waals surface area contributed by atoms with E-state index in [9.17, 15) is 0 Å². The Kier molecular flexibility index (Phi) is 5.67. The summed E-state index contributed by atoms with van der Waals surface area (Å²) in [6, 6.07) is 14.0. The van der Waals surface area contributed by atoms with Gasteiger partial charge in [-0.05, 0) is 30.7 Å². The number of benzene rings is 1. The molecule has 24 heavy (non-hydrogen) atoms. The van der Waals surface area contributed by atoms with Gasteiger partial charge in [-0.25, -0.2) is 4.98 Å². The van der Waals surface area contributed by atoms with Gasteiger partial charge in [0.1, 0.15) is 11.9 Å². The molecular formula is C19H24N2O3. The Morgan fingerprint density at radius 1 is 1.21 bits per heavy atom. The molecule has 0 aliphatic carbocycles. The lowest BCUT2D eigenvalue weighted by Gasteiger charge is -2.23. The average molecular weight is 328 g/mol. The number of aromatic nitrogens is 1. The third-order valence-electron chi connectivity index (χ3n) is 4.03. The Bertz CT molecular complexity index is 645. The summed E-state index contributed by atoms with van der Waals surface area (Å²) in [5.74, 6) is 1.54. The van der Waals surface area contributed by atoms with E-state index in [1.54, 1.807) is 7.11 Å². The minimum Gasteiger partial charge on any atom is -0.497 e. The van der Waals surface area contributed by atoms with Crippen molar-refractivity contribution in [3.05, 3.63) is 53.7 Å². The SMILES string of the molecule is COc1ccc(CN2CCOCC(Oc3cccc(C)n3)C2)cc1. The molecule has 0 spiro atoms. The highest BCUT2D eigenvalue weighted by molar-refractivity contribution is 5.27. The molecule has 128 valence electrons. The molecular weight excluding hydrogens is 304 g/mol. The summed E-state index contributed by atoms with van der Waals surface area (Å²) in [6.07, 6.45) is -0.0138. The Morgan fingerprint density at radius 2 is 2.04 bits per heavy atom. The van der Waals surface area contributed by atoms with Gasteiger partial charge in [0.2, 0.25) is 5.88 Å². The molecule has 3 rings (SSSR count). The molecule has 1 fully saturated rings. The molecule has 1 aliphatic heterocycles. The minimum absolute atomic E-state index is 0.0138. The largest absolute Gasteiger partial charge is 0.497 e. The maximum absolute atomic E-state index is 6.02. The fraction of sp³-hybridized carbons (Fsp3) is 0.421. The number of pyridine rings is 1. The zero-order valence-corrected chi connectivity index (χ0v) is 14.3. The molecule has 1 unspecified atom stereocenters. The molecule has 0 bridgehead atoms. The van der Waals surface area contributed by atoms with Crippen LogP contribution in [0.3, 0.4) is 0 Å². The summed E-state index contributed by atoms with van der Waals surface area (Å²) >= 11 is 0. The fourth-order valence-electron chi connectivity index (χ4n) is 2.80. The lowest BCUT2D eigenvalue weighted by molar-refractivity contribution is 0.0682. The Balaban J connectivity index is 1.61. The molecule has 0 amide bonds. The van der Waals surface area contributed by atoms with Crippen molar-refractivity contribution in [1.82, 2.24) is 9.88 Å². The van der Waals surface area contributed by atoms with Crippen molar-refractivity contribution in [2.75, 3.05) is 33.4 Å². The summed E-state index contributed by atoms with van der Waals surface area (Å²) < 4.78 is 16.9. The highest BCUT2D eigenvalue weighted by atomic mass is 16.5. The van der Waals surface area contributed by atoms with E-state index in [1.807, 2.05) is 37.3 Å². The van der Waals surface area contributed by atoms with Crippen LogP contribution in [0.4, 0.5) is 0 Å². The number of hydrogen-bond acceptors (Lipinski definition) is 5. The maximum Gasteiger partial charge on any atom is 0.213 e. The van der Waals surface area contributed by atoms with E-state index in [0.717, 1.165) is 37.7 Å². The van der Waals surface area contributed by atoms with E-state index >= 15 is 0 Å². The maximum atomic E-state index is 6.02. The van der Waals surface area contributed by atoms with Crippen LogP contribution in [0.1, 0.15) is 11.3 Å². The number of nitrogens with zero attached hydrogens (tertiary/aromatic N) is 2. The van der Waals surface area contributed by atoms with Crippen LogP contribution < -0.4 is 9.47 Å². The van der Waals surface area contributed by atoms with Crippen LogP contribution in [0.2, 0.25) is 0 Å². The summed E-state index contributed by atoms with van der Waals surface area (Å²) in [4.78, 5) is 6.77. The van der Waals surface area contributed by atoms with E-state index in [1.165, 1.54) is 5.56 Å². The third-order valence-corrected chi connectivity index (χ3v) is 4.03. The Hall–Kier alpha value is -2.11. The van der Waals surface area contributed by atoms with Crippen molar-refractivity contribution in [2.45, 2.75) is 19.6 Å². The molecule has 1 aromatic heterocycles. The van der Waals surface area contributed by atoms with Crippen LogP contribution in [0.15, 0.2) is 42.5 Å². The highest BCUT2D eigenvalue weighted by Gasteiger charge is 2.20. The summed E-state index contributed by atoms with van der Waals surface area (Å²) in [7, 11) is 1.68. The number of aryl methyl sites for hydroxylation is 1. The Labute approximate surface area is 143 Å². The zero-order chi connectivity index (χ0) is 16.8. The van der Waals surface area contributed by atoms with Gasteiger partial charge in [-0.15, -0.1) is 0 Å². The van der Waals surface area contributed by atoms with Gasteiger partial charge in [0.05, 0.1) is 20.3 Å². The van der Waals surface area contributed by atoms with Crippen molar-refractivity contribution in [3.63, 3.8) is 0 Å². The van der Waals surface area contributed by atoms with Gasteiger partial charge < -0.3 is 14.2 Å². The quantitative estimate of drug-likeness (QED) is 0.844. The van der Waals surface area contributed by atoms with Gasteiger partial charge in [-0.2, -0.15) is 0 Å². The van der Waals surface area contributed by atoms with Crippen LogP contribution in [-0.4, -0.2) is 49.4 Å². The monoisotopic (exact) mass is 328 g/mol. The number of rotatable bonds is 5. The van der Waals surface area contributed by atoms with Crippen LogP contribution >= 0.6 is 0 Å². The number of methoxy groups -OCH3 is 1. The molecule has 5 heteroatoms. The molecule has 1 aromatic carbocycles. The van der Waals surface area contributed by atoms with Gasteiger partial charge in [0, 0.05) is 31.4 Å². The molecule has 5 nitrogen and oxygen atoms in total. The van der Waals surface area contributed by atoms with Gasteiger partial charge in [0.25, 0.3) is 0 Å². The van der Waals surface area contributed by atoms with Gasteiger partial charge in [-0.3, -0.25) is 4.90 Å². The topological polar surface area (TPSA) is 43.8 Å². The lowest BCUT2D eigenvalue weighted by Crippen LogP contribution is -2.35. The van der Waals surface area contributed by atoms with Crippen molar-refractivity contribution >= 4 is 0 Å². The Morgan fingerprint density at radius 3 is 2.79 bits per heavy atom. The molecule has 0 radical (unpaired) electrons. The molecule has 0 N–H and O–H groups in total. The average Bonchev–Trinajstić information content (AvgIpc) is 2.80. The van der Waals surface area contributed by atoms with Gasteiger partial charge in [0.15, 0.2) is 0 Å². The molecule has 1 saturated heterocycles. The molecule has 2 heterocycles. The fourth-order valence-corrected chi connectivity index (χ4v) is 2.80. The number of ether oxygens (including phenoxy) is 3. The number of hydrogen-bond donors (Lipinski definition) is 0. The van der Waals surface area contributed by atoms with E-state index in [-0.39, 0.29) is 6.10 Å². The van der Waals surface area contributed by atoms with E-state index < -0.39 is 0 Å². The second-order valence-corrected chi connectivity index (χ2v) is 6.02.